The third-order valence-electron chi connectivity index (χ3n) is 5.04. The first-order chi connectivity index (χ1) is 15.0. The Morgan fingerprint density at radius 3 is 2.48 bits per heavy atom. The van der Waals surface area contributed by atoms with E-state index in [-0.39, 0.29) is 5.91 Å². The average molecular weight is 497 g/mol. The standard InChI is InChI=1S/C23H27Cl2N3OS2/c1-3-27(4-2)14-15-28(23-26-22-19(25)7-5-8-20(22)31-23)21(29)9-6-16-30-18-12-10-17(24)11-13-18/h5,7-8,10-13H,3-4,6,9,14-16H2,1-2H3. The number of hydrogen-bond donors (Lipinski definition) is 0. The number of carbonyl (C=O) groups is 1. The van der Waals surface area contributed by atoms with Crippen molar-refractivity contribution in [1.82, 2.24) is 9.88 Å². The molecule has 4 nitrogen and oxygen atoms in total. The molecule has 3 rings (SSSR count). The molecule has 0 aliphatic rings. The highest BCUT2D eigenvalue weighted by atomic mass is 35.5. The Hall–Kier alpha value is -1.31. The Morgan fingerprint density at radius 1 is 1.06 bits per heavy atom. The molecule has 2 aromatic carbocycles. The Morgan fingerprint density at radius 2 is 1.81 bits per heavy atom. The van der Waals surface area contributed by atoms with Crippen LogP contribution in [0.4, 0.5) is 5.13 Å². The van der Waals surface area contributed by atoms with Gasteiger partial charge in [0.25, 0.3) is 0 Å². The number of benzene rings is 2. The van der Waals surface area contributed by atoms with Crippen LogP contribution in [0.25, 0.3) is 10.2 Å². The Kier molecular flexibility index (Phi) is 9.48. The third-order valence-corrected chi connectivity index (χ3v) is 7.74. The fourth-order valence-corrected chi connectivity index (χ4v) is 5.49. The summed E-state index contributed by atoms with van der Waals surface area (Å²) in [5.74, 6) is 0.988. The van der Waals surface area contributed by atoms with Crippen molar-refractivity contribution >= 4 is 67.6 Å². The number of aromatic nitrogens is 1. The molecular formula is C23H27Cl2N3OS2. The SMILES string of the molecule is CCN(CC)CCN(C(=O)CCCSc1ccc(Cl)cc1)c1nc2c(Cl)cccc2s1. The van der Waals surface area contributed by atoms with Gasteiger partial charge in [-0.2, -0.15) is 0 Å². The highest BCUT2D eigenvalue weighted by Gasteiger charge is 2.20. The van der Waals surface area contributed by atoms with Gasteiger partial charge in [0.1, 0.15) is 5.52 Å². The van der Waals surface area contributed by atoms with Crippen LogP contribution in [0.15, 0.2) is 47.4 Å². The van der Waals surface area contributed by atoms with Crippen molar-refractivity contribution in [3.8, 4) is 0 Å². The van der Waals surface area contributed by atoms with E-state index >= 15 is 0 Å². The predicted molar refractivity (Wildman–Crippen MR) is 136 cm³/mol. The van der Waals surface area contributed by atoms with Crippen LogP contribution < -0.4 is 4.90 Å². The molecule has 1 aromatic heterocycles. The van der Waals surface area contributed by atoms with Crippen LogP contribution in [-0.4, -0.2) is 47.7 Å². The number of anilines is 1. The van der Waals surface area contributed by atoms with Crippen LogP contribution in [0.3, 0.4) is 0 Å². The van der Waals surface area contributed by atoms with Crippen molar-refractivity contribution in [2.45, 2.75) is 31.6 Å². The lowest BCUT2D eigenvalue weighted by molar-refractivity contribution is -0.118. The highest BCUT2D eigenvalue weighted by Crippen LogP contribution is 2.33. The second-order valence-corrected chi connectivity index (χ2v) is 10.1. The number of likely N-dealkylation sites (N-methyl/N-ethyl adjacent to an activating group) is 1. The van der Waals surface area contributed by atoms with Gasteiger partial charge in [-0.1, -0.05) is 54.5 Å². The van der Waals surface area contributed by atoms with E-state index in [0.717, 1.165) is 57.1 Å². The minimum Gasteiger partial charge on any atom is -0.302 e. The summed E-state index contributed by atoms with van der Waals surface area (Å²) < 4.78 is 1.00. The van der Waals surface area contributed by atoms with E-state index in [9.17, 15) is 4.79 Å². The number of fused-ring (bicyclic) bond motifs is 1. The molecule has 0 unspecified atom stereocenters. The molecule has 0 aliphatic heterocycles. The molecule has 0 atom stereocenters. The molecule has 1 heterocycles. The summed E-state index contributed by atoms with van der Waals surface area (Å²) in [5.41, 5.74) is 0.767. The van der Waals surface area contributed by atoms with Gasteiger partial charge in [-0.3, -0.25) is 9.69 Å². The van der Waals surface area contributed by atoms with Crippen LogP contribution in [0, 0.1) is 0 Å². The molecule has 1 amide bonds. The van der Waals surface area contributed by atoms with Crippen LogP contribution in [0.1, 0.15) is 26.7 Å². The lowest BCUT2D eigenvalue weighted by Crippen LogP contribution is -2.38. The quantitative estimate of drug-likeness (QED) is 0.215. The smallest absolute Gasteiger partial charge is 0.228 e. The lowest BCUT2D eigenvalue weighted by atomic mass is 10.3. The largest absolute Gasteiger partial charge is 0.302 e. The van der Waals surface area contributed by atoms with Gasteiger partial charge in [0, 0.05) is 29.4 Å². The number of halogens is 2. The number of rotatable bonds is 11. The summed E-state index contributed by atoms with van der Waals surface area (Å²) in [7, 11) is 0. The highest BCUT2D eigenvalue weighted by molar-refractivity contribution is 7.99. The molecule has 166 valence electrons. The first-order valence-corrected chi connectivity index (χ1v) is 13.0. The zero-order chi connectivity index (χ0) is 22.2. The van der Waals surface area contributed by atoms with Gasteiger partial charge in [0.05, 0.1) is 9.72 Å². The van der Waals surface area contributed by atoms with Crippen molar-refractivity contribution in [1.29, 1.82) is 0 Å². The van der Waals surface area contributed by atoms with E-state index in [4.69, 9.17) is 28.2 Å². The van der Waals surface area contributed by atoms with Gasteiger partial charge in [-0.15, -0.1) is 11.8 Å². The van der Waals surface area contributed by atoms with Gasteiger partial charge in [-0.05, 0) is 61.7 Å². The number of hydrogen-bond acceptors (Lipinski definition) is 5. The molecule has 3 aromatic rings. The van der Waals surface area contributed by atoms with Crippen molar-refractivity contribution in [2.24, 2.45) is 0 Å². The molecule has 0 N–H and O–H groups in total. The average Bonchev–Trinajstić information content (AvgIpc) is 3.21. The zero-order valence-corrected chi connectivity index (χ0v) is 21.0. The molecule has 0 spiro atoms. The Bertz CT molecular complexity index is 990. The van der Waals surface area contributed by atoms with Crippen molar-refractivity contribution < 1.29 is 4.79 Å². The molecule has 0 bridgehead atoms. The minimum atomic E-state index is 0.110. The molecule has 0 aliphatic carbocycles. The maximum absolute atomic E-state index is 13.2. The van der Waals surface area contributed by atoms with Crippen LogP contribution in [-0.2, 0) is 4.79 Å². The van der Waals surface area contributed by atoms with Gasteiger partial charge < -0.3 is 4.90 Å². The Labute approximate surface area is 202 Å². The van der Waals surface area contributed by atoms with E-state index in [2.05, 4.69) is 18.7 Å². The van der Waals surface area contributed by atoms with E-state index in [0.29, 0.717) is 18.0 Å². The number of carbonyl (C=O) groups excluding carboxylic acids is 1. The maximum Gasteiger partial charge on any atom is 0.228 e. The number of amides is 1. The second kappa shape index (κ2) is 12.1. The zero-order valence-electron chi connectivity index (χ0n) is 17.8. The minimum absolute atomic E-state index is 0.110. The predicted octanol–water partition coefficient (Wildman–Crippen LogP) is 6.85. The summed E-state index contributed by atoms with van der Waals surface area (Å²) in [5, 5.41) is 2.08. The fourth-order valence-electron chi connectivity index (χ4n) is 3.21. The van der Waals surface area contributed by atoms with Crippen LogP contribution in [0.2, 0.25) is 10.0 Å². The molecule has 0 fully saturated rings. The topological polar surface area (TPSA) is 36.4 Å². The molecule has 8 heteroatoms. The number of thiazole rings is 1. The first-order valence-electron chi connectivity index (χ1n) is 10.5. The van der Waals surface area contributed by atoms with Gasteiger partial charge in [0.15, 0.2) is 5.13 Å². The van der Waals surface area contributed by atoms with E-state index in [1.54, 1.807) is 11.8 Å². The number of thioether (sulfide) groups is 1. The molecule has 0 radical (unpaired) electrons. The van der Waals surface area contributed by atoms with Gasteiger partial charge in [0.2, 0.25) is 5.91 Å². The van der Waals surface area contributed by atoms with Crippen molar-refractivity contribution in [3.63, 3.8) is 0 Å². The molecule has 0 saturated heterocycles. The number of para-hydroxylation sites is 1. The summed E-state index contributed by atoms with van der Waals surface area (Å²) in [6, 6.07) is 13.6. The molecular weight excluding hydrogens is 469 g/mol. The maximum atomic E-state index is 13.2. The summed E-state index contributed by atoms with van der Waals surface area (Å²) in [4.78, 5) is 23.2. The summed E-state index contributed by atoms with van der Waals surface area (Å²) in [6.07, 6.45) is 1.29. The van der Waals surface area contributed by atoms with E-state index in [1.807, 2.05) is 47.4 Å². The summed E-state index contributed by atoms with van der Waals surface area (Å²) in [6.45, 7) is 7.65. The molecule has 31 heavy (non-hydrogen) atoms. The van der Waals surface area contributed by atoms with Gasteiger partial charge >= 0.3 is 0 Å². The van der Waals surface area contributed by atoms with Gasteiger partial charge in [-0.25, -0.2) is 4.98 Å². The lowest BCUT2D eigenvalue weighted by Gasteiger charge is -2.24. The normalized spacial score (nSPS) is 11.4. The van der Waals surface area contributed by atoms with Crippen molar-refractivity contribution in [2.75, 3.05) is 36.8 Å². The number of nitrogens with zero attached hydrogens (tertiary/aromatic N) is 3. The fraction of sp³-hybridized carbons (Fsp3) is 0.391. The van der Waals surface area contributed by atoms with Crippen LogP contribution in [0.5, 0.6) is 0 Å². The summed E-state index contributed by atoms with van der Waals surface area (Å²) >= 11 is 15.5. The van der Waals surface area contributed by atoms with Crippen LogP contribution >= 0.6 is 46.3 Å². The monoisotopic (exact) mass is 495 g/mol. The van der Waals surface area contributed by atoms with Crippen molar-refractivity contribution in [3.05, 3.63) is 52.5 Å². The Balaban J connectivity index is 1.66. The third kappa shape index (κ3) is 6.83. The second-order valence-electron chi connectivity index (χ2n) is 7.06. The van der Waals surface area contributed by atoms with E-state index < -0.39 is 0 Å². The molecule has 0 saturated carbocycles. The van der Waals surface area contributed by atoms with E-state index in [1.165, 1.54) is 11.3 Å². The first kappa shape index (κ1) is 24.3.